The fourth-order valence-electron chi connectivity index (χ4n) is 2.36. The molecular weight excluding hydrogens is 250 g/mol. The van der Waals surface area contributed by atoms with Gasteiger partial charge in [0.15, 0.2) is 0 Å². The molecule has 0 aliphatic heterocycles. The monoisotopic (exact) mass is 279 g/mol. The van der Waals surface area contributed by atoms with Crippen molar-refractivity contribution in [3.63, 3.8) is 0 Å². The van der Waals surface area contributed by atoms with Crippen molar-refractivity contribution in [3.05, 3.63) is 11.9 Å². The van der Waals surface area contributed by atoms with Gasteiger partial charge >= 0.3 is 0 Å². The predicted octanol–water partition coefficient (Wildman–Crippen LogP) is 1.90. The van der Waals surface area contributed by atoms with Gasteiger partial charge in [-0.05, 0) is 31.7 Å². The molecule has 114 valence electrons. The van der Waals surface area contributed by atoms with Gasteiger partial charge in [-0.1, -0.05) is 26.0 Å². The van der Waals surface area contributed by atoms with Crippen molar-refractivity contribution in [3.8, 4) is 0 Å². The molecular formula is C15H29N5. The molecule has 1 aromatic heterocycles. The van der Waals surface area contributed by atoms with Gasteiger partial charge in [-0.2, -0.15) is 0 Å². The highest BCUT2D eigenvalue weighted by Crippen LogP contribution is 2.29. The van der Waals surface area contributed by atoms with Crippen LogP contribution in [-0.2, 0) is 13.1 Å². The van der Waals surface area contributed by atoms with Gasteiger partial charge in [0, 0.05) is 31.9 Å². The molecule has 0 unspecified atom stereocenters. The van der Waals surface area contributed by atoms with Gasteiger partial charge in [0.25, 0.3) is 0 Å². The van der Waals surface area contributed by atoms with E-state index in [2.05, 4.69) is 47.5 Å². The molecule has 1 aliphatic carbocycles. The molecule has 1 saturated carbocycles. The van der Waals surface area contributed by atoms with Gasteiger partial charge in [-0.25, -0.2) is 0 Å². The minimum atomic E-state index is 0.485. The van der Waals surface area contributed by atoms with Crippen molar-refractivity contribution in [1.82, 2.24) is 25.2 Å². The summed E-state index contributed by atoms with van der Waals surface area (Å²) < 4.78 is 1.98. The Hall–Kier alpha value is -0.940. The molecule has 5 heteroatoms. The minimum Gasteiger partial charge on any atom is -0.309 e. The largest absolute Gasteiger partial charge is 0.309 e. The average Bonchev–Trinajstić information content (AvgIpc) is 3.11. The standard InChI is InChI=1S/C15H29N5/c1-4-7-19(11-14-5-6-14)8-9-20-12-15(17-18-20)10-16-13(2)3/h12-14,16H,4-11H2,1-3H3. The van der Waals surface area contributed by atoms with Gasteiger partial charge < -0.3 is 10.2 Å². The summed E-state index contributed by atoms with van der Waals surface area (Å²) in [5.41, 5.74) is 1.03. The summed E-state index contributed by atoms with van der Waals surface area (Å²) in [7, 11) is 0. The average molecular weight is 279 g/mol. The molecule has 0 radical (unpaired) electrons. The van der Waals surface area contributed by atoms with Crippen LogP contribution >= 0.6 is 0 Å². The normalized spacial score (nSPS) is 15.4. The summed E-state index contributed by atoms with van der Waals surface area (Å²) in [5, 5.41) is 11.8. The Balaban J connectivity index is 1.73. The molecule has 20 heavy (non-hydrogen) atoms. The van der Waals surface area contributed by atoms with Crippen LogP contribution in [0.1, 0.15) is 45.7 Å². The molecule has 1 aliphatic rings. The Morgan fingerprint density at radius 2 is 2.20 bits per heavy atom. The molecule has 1 fully saturated rings. The number of hydrogen-bond donors (Lipinski definition) is 1. The summed E-state index contributed by atoms with van der Waals surface area (Å²) in [4.78, 5) is 2.57. The fraction of sp³-hybridized carbons (Fsp3) is 0.867. The van der Waals surface area contributed by atoms with Gasteiger partial charge in [0.2, 0.25) is 0 Å². The van der Waals surface area contributed by atoms with Crippen LogP contribution < -0.4 is 5.32 Å². The quantitative estimate of drug-likeness (QED) is 0.710. The second-order valence-corrected chi connectivity index (χ2v) is 6.25. The number of hydrogen-bond acceptors (Lipinski definition) is 4. The number of aromatic nitrogens is 3. The smallest absolute Gasteiger partial charge is 0.0964 e. The topological polar surface area (TPSA) is 46.0 Å². The molecule has 1 aromatic rings. The van der Waals surface area contributed by atoms with E-state index < -0.39 is 0 Å². The third kappa shape index (κ3) is 5.59. The van der Waals surface area contributed by atoms with Crippen molar-refractivity contribution in [1.29, 1.82) is 0 Å². The Morgan fingerprint density at radius 3 is 2.85 bits per heavy atom. The number of nitrogens with one attached hydrogen (secondary N) is 1. The van der Waals surface area contributed by atoms with E-state index in [0.717, 1.165) is 31.2 Å². The first-order valence-electron chi connectivity index (χ1n) is 8.02. The third-order valence-electron chi connectivity index (χ3n) is 3.68. The lowest BCUT2D eigenvalue weighted by atomic mass is 10.3. The summed E-state index contributed by atoms with van der Waals surface area (Å²) >= 11 is 0. The molecule has 2 rings (SSSR count). The van der Waals surface area contributed by atoms with E-state index in [1.54, 1.807) is 0 Å². The highest BCUT2D eigenvalue weighted by atomic mass is 15.4. The predicted molar refractivity (Wildman–Crippen MR) is 81.5 cm³/mol. The lowest BCUT2D eigenvalue weighted by molar-refractivity contribution is 0.248. The van der Waals surface area contributed by atoms with Crippen LogP contribution in [0.15, 0.2) is 6.20 Å². The van der Waals surface area contributed by atoms with Crippen LogP contribution in [0.2, 0.25) is 0 Å². The Morgan fingerprint density at radius 1 is 1.40 bits per heavy atom. The van der Waals surface area contributed by atoms with Gasteiger partial charge in [0.1, 0.15) is 0 Å². The van der Waals surface area contributed by atoms with E-state index in [9.17, 15) is 0 Å². The van der Waals surface area contributed by atoms with Crippen molar-refractivity contribution < 1.29 is 0 Å². The second kappa shape index (κ2) is 7.74. The van der Waals surface area contributed by atoms with E-state index in [1.807, 2.05) is 4.68 Å². The molecule has 0 saturated heterocycles. The highest BCUT2D eigenvalue weighted by molar-refractivity contribution is 4.91. The molecule has 0 spiro atoms. The van der Waals surface area contributed by atoms with Crippen molar-refractivity contribution in [2.75, 3.05) is 19.6 Å². The summed E-state index contributed by atoms with van der Waals surface area (Å²) in [6, 6.07) is 0.485. The first-order valence-corrected chi connectivity index (χ1v) is 8.02. The maximum Gasteiger partial charge on any atom is 0.0964 e. The molecule has 0 bridgehead atoms. The molecule has 1 heterocycles. The first kappa shape index (κ1) is 15.4. The van der Waals surface area contributed by atoms with Crippen molar-refractivity contribution in [2.45, 2.75) is 59.2 Å². The van der Waals surface area contributed by atoms with E-state index in [1.165, 1.54) is 32.4 Å². The second-order valence-electron chi connectivity index (χ2n) is 6.25. The zero-order valence-corrected chi connectivity index (χ0v) is 13.2. The van der Waals surface area contributed by atoms with E-state index >= 15 is 0 Å². The molecule has 1 N–H and O–H groups in total. The van der Waals surface area contributed by atoms with Crippen molar-refractivity contribution in [2.24, 2.45) is 5.92 Å². The van der Waals surface area contributed by atoms with E-state index in [0.29, 0.717) is 6.04 Å². The van der Waals surface area contributed by atoms with Crippen LogP contribution in [0.25, 0.3) is 0 Å². The van der Waals surface area contributed by atoms with Gasteiger partial charge in [-0.3, -0.25) is 4.68 Å². The van der Waals surface area contributed by atoms with Crippen LogP contribution in [0, 0.1) is 5.92 Å². The molecule has 5 nitrogen and oxygen atoms in total. The first-order chi connectivity index (χ1) is 9.67. The molecule has 0 atom stereocenters. The van der Waals surface area contributed by atoms with Gasteiger partial charge in [0.05, 0.1) is 12.2 Å². The highest BCUT2D eigenvalue weighted by Gasteiger charge is 2.23. The molecule has 0 amide bonds. The lowest BCUT2D eigenvalue weighted by Gasteiger charge is -2.21. The van der Waals surface area contributed by atoms with Crippen molar-refractivity contribution >= 4 is 0 Å². The van der Waals surface area contributed by atoms with E-state index in [4.69, 9.17) is 0 Å². The summed E-state index contributed by atoms with van der Waals surface area (Å²) in [5.74, 6) is 0.961. The fourth-order valence-corrected chi connectivity index (χ4v) is 2.36. The number of nitrogens with zero attached hydrogens (tertiary/aromatic N) is 4. The summed E-state index contributed by atoms with van der Waals surface area (Å²) in [6.45, 7) is 11.8. The van der Waals surface area contributed by atoms with Crippen LogP contribution in [0.3, 0.4) is 0 Å². The zero-order valence-electron chi connectivity index (χ0n) is 13.2. The van der Waals surface area contributed by atoms with E-state index in [-0.39, 0.29) is 0 Å². The maximum atomic E-state index is 4.22. The van der Waals surface area contributed by atoms with Gasteiger partial charge in [-0.15, -0.1) is 5.10 Å². The maximum absolute atomic E-state index is 4.22. The van der Waals surface area contributed by atoms with Crippen LogP contribution in [-0.4, -0.2) is 45.6 Å². The SMILES string of the molecule is CCCN(CCn1cc(CNC(C)C)nn1)CC1CC1. The Labute approximate surface area is 122 Å². The Kier molecular flexibility index (Phi) is 5.98. The third-order valence-corrected chi connectivity index (χ3v) is 3.68. The molecule has 0 aromatic carbocycles. The summed E-state index contributed by atoms with van der Waals surface area (Å²) in [6.07, 6.45) is 6.15. The lowest BCUT2D eigenvalue weighted by Crippen LogP contribution is -2.30. The minimum absolute atomic E-state index is 0.485. The zero-order chi connectivity index (χ0) is 14.4. The number of rotatable bonds is 10. The Bertz CT molecular complexity index is 383. The van der Waals surface area contributed by atoms with Crippen LogP contribution in [0.4, 0.5) is 0 Å². The van der Waals surface area contributed by atoms with Crippen LogP contribution in [0.5, 0.6) is 0 Å².